The van der Waals surface area contributed by atoms with Gasteiger partial charge in [0.05, 0.1) is 65.8 Å². The maximum absolute atomic E-state index is 11.8. The molecule has 4 aliphatic rings. The van der Waals surface area contributed by atoms with E-state index in [-0.39, 0.29) is 92.6 Å². The molecule has 456 valence electrons. The zero-order valence-corrected chi connectivity index (χ0v) is 43.4. The number of carboxylic acids is 4. The fourth-order valence-electron chi connectivity index (χ4n) is 8.08. The van der Waals surface area contributed by atoms with Crippen LogP contribution in [0.2, 0.25) is 0 Å². The number of nitrogens with two attached hydrogens (primary N) is 4. The summed E-state index contributed by atoms with van der Waals surface area (Å²) in [6.07, 6.45) is -1.22. The maximum atomic E-state index is 11.8. The summed E-state index contributed by atoms with van der Waals surface area (Å²) >= 11 is 0. The van der Waals surface area contributed by atoms with E-state index in [0.717, 1.165) is 0 Å². The van der Waals surface area contributed by atoms with Crippen LogP contribution >= 0.6 is 0 Å². The average molecular weight is 1190 g/mol. The number of hydrogen-bond acceptors (Lipinski definition) is 24. The Balaban J connectivity index is 0.000000551. The van der Waals surface area contributed by atoms with Gasteiger partial charge in [-0.2, -0.15) is 0 Å². The molecular weight excluding hydrogens is 1140 g/mol. The second-order valence-corrected chi connectivity index (χ2v) is 17.9. The van der Waals surface area contributed by atoms with Gasteiger partial charge >= 0.3 is 23.9 Å². The first-order valence-electron chi connectivity index (χ1n) is 23.9. The molecular formula is C48H56N8O28. The molecule has 0 bridgehead atoms. The van der Waals surface area contributed by atoms with E-state index < -0.39 is 116 Å². The smallest absolute Gasteiger partial charge is 0.338 e. The van der Waals surface area contributed by atoms with Gasteiger partial charge in [0.2, 0.25) is 0 Å². The molecule has 8 rings (SSSR count). The number of aliphatic carboxylic acids is 4. The average Bonchev–Trinajstić information content (AvgIpc) is 4.46. The number of carboxylic acid groups (broad SMARTS) is 4. The molecule has 0 radical (unpaired) electrons. The van der Waals surface area contributed by atoms with Crippen molar-refractivity contribution < 1.29 is 141 Å². The van der Waals surface area contributed by atoms with Crippen LogP contribution in [0.1, 0.15) is 67.1 Å². The molecule has 0 spiro atoms. The standard InChI is InChI=1S/4C12H12N2O6.4H2O/c4*15-11(16)10-5-9(6-13-10)20-12(17)7-1-3-8(4-2-7)14(18)19;;;;/h4*1-4,9-10,13H,5-6H2,(H,15,16);4*1H2/t4*9-,10+;;;;/m1111..../s1. The number of nitro groups is 4. The van der Waals surface area contributed by atoms with Crippen LogP contribution in [0.25, 0.3) is 0 Å². The number of ether oxygens (including phenoxy) is 4. The van der Waals surface area contributed by atoms with Crippen LogP contribution in [-0.2, 0) is 38.1 Å². The van der Waals surface area contributed by atoms with Gasteiger partial charge < -0.3 is 102 Å². The van der Waals surface area contributed by atoms with E-state index >= 15 is 0 Å². The maximum Gasteiger partial charge on any atom is 0.338 e. The van der Waals surface area contributed by atoms with Gasteiger partial charge in [-0.1, -0.05) is 0 Å². The SMILES string of the molecule is O.O.O.O.O=C(O[C@H]1C[NH2+][C@H](C(=O)[O-])C1)c1ccc([N+](=O)[O-])cc1.O=C(O[C@H]1C[NH2+][C@H](C(=O)[O-])C1)c1ccc([N+](=O)[O-])cc1.O=C(O[C@H]1C[NH2+][C@H](C(=O)[O-])C1)c1ccc([N+](=O)[O-])cc1.O=C(O[C@H]1C[NH2+][C@H](C(=O)[O-])C1)c1ccc([N+](=O)[O-])cc1. The van der Waals surface area contributed by atoms with Crippen LogP contribution in [0.3, 0.4) is 0 Å². The van der Waals surface area contributed by atoms with Crippen LogP contribution in [-0.4, -0.2) is 164 Å². The molecule has 0 amide bonds. The summed E-state index contributed by atoms with van der Waals surface area (Å²) in [4.78, 5) is 129. The summed E-state index contributed by atoms with van der Waals surface area (Å²) < 4.78 is 20.6. The Kier molecular flexibility index (Phi) is 28.8. The lowest BCUT2D eigenvalue weighted by Gasteiger charge is -2.09. The summed E-state index contributed by atoms with van der Waals surface area (Å²) in [5.74, 6) is -7.24. The highest BCUT2D eigenvalue weighted by Crippen LogP contribution is 2.19. The van der Waals surface area contributed by atoms with Crippen LogP contribution in [0, 0.1) is 40.5 Å². The second-order valence-electron chi connectivity index (χ2n) is 17.9. The topological polar surface area (TPSA) is 631 Å². The summed E-state index contributed by atoms with van der Waals surface area (Å²) in [6.45, 7) is 1.43. The lowest BCUT2D eigenvalue weighted by atomic mass is 10.2. The first-order chi connectivity index (χ1) is 37.9. The van der Waals surface area contributed by atoms with E-state index in [1.807, 2.05) is 0 Å². The minimum absolute atomic E-state index is 0. The quantitative estimate of drug-likeness (QED) is 0.0350. The predicted octanol–water partition coefficient (Wildman–Crippen LogP) is -10.5. The zero-order chi connectivity index (χ0) is 58.8. The third-order valence-electron chi connectivity index (χ3n) is 12.4. The third kappa shape index (κ3) is 21.4. The molecule has 0 aromatic heterocycles. The van der Waals surface area contributed by atoms with Gasteiger partial charge in [-0.15, -0.1) is 0 Å². The molecule has 0 saturated carbocycles. The minimum atomic E-state index is -1.18. The van der Waals surface area contributed by atoms with Crippen molar-refractivity contribution in [3.8, 4) is 0 Å². The van der Waals surface area contributed by atoms with Gasteiger partial charge in [0.1, 0.15) is 50.3 Å². The molecule has 36 heteroatoms. The Bertz CT molecular complexity index is 2570. The number of nitro benzene ring substituents is 4. The minimum Gasteiger partial charge on any atom is -0.544 e. The molecule has 16 N–H and O–H groups in total. The molecule has 4 aliphatic heterocycles. The van der Waals surface area contributed by atoms with Crippen molar-refractivity contribution in [2.24, 2.45) is 0 Å². The van der Waals surface area contributed by atoms with Crippen molar-refractivity contribution >= 4 is 70.5 Å². The number of non-ortho nitro benzene ring substituents is 4. The lowest BCUT2D eigenvalue weighted by Crippen LogP contribution is -2.90. The summed E-state index contributed by atoms with van der Waals surface area (Å²) in [5.41, 5.74) is 0.279. The van der Waals surface area contributed by atoms with E-state index in [1.165, 1.54) is 97.1 Å². The molecule has 4 aromatic carbocycles. The van der Waals surface area contributed by atoms with E-state index in [2.05, 4.69) is 0 Å². The largest absolute Gasteiger partial charge is 0.544 e. The summed E-state index contributed by atoms with van der Waals surface area (Å²) in [6, 6.07) is 17.3. The van der Waals surface area contributed by atoms with E-state index in [1.54, 1.807) is 21.3 Å². The van der Waals surface area contributed by atoms with Crippen molar-refractivity contribution in [3.05, 3.63) is 160 Å². The van der Waals surface area contributed by atoms with Gasteiger partial charge in [-0.05, 0) is 48.5 Å². The van der Waals surface area contributed by atoms with Crippen molar-refractivity contribution in [2.45, 2.75) is 74.3 Å². The molecule has 4 saturated heterocycles. The fraction of sp³-hybridized carbons (Fsp3) is 0.333. The van der Waals surface area contributed by atoms with E-state index in [0.29, 0.717) is 26.2 Å². The molecule has 8 atom stereocenters. The number of esters is 4. The Hall–Kier alpha value is -10.1. The van der Waals surface area contributed by atoms with Crippen molar-refractivity contribution in [1.82, 2.24) is 0 Å². The number of carbonyl (C=O) groups excluding carboxylic acids is 8. The van der Waals surface area contributed by atoms with Crippen LogP contribution in [0.15, 0.2) is 97.1 Å². The fourth-order valence-corrected chi connectivity index (χ4v) is 8.08. The summed E-state index contributed by atoms with van der Waals surface area (Å²) in [5, 5.41) is 90.7. The van der Waals surface area contributed by atoms with Gasteiger partial charge in [0.15, 0.2) is 24.4 Å². The number of benzene rings is 4. The van der Waals surface area contributed by atoms with Gasteiger partial charge in [0, 0.05) is 74.2 Å². The highest BCUT2D eigenvalue weighted by atomic mass is 16.6. The zero-order valence-electron chi connectivity index (χ0n) is 43.4. The predicted molar refractivity (Wildman–Crippen MR) is 264 cm³/mol. The molecule has 84 heavy (non-hydrogen) atoms. The van der Waals surface area contributed by atoms with E-state index in [4.69, 9.17) is 18.9 Å². The summed E-state index contributed by atoms with van der Waals surface area (Å²) in [7, 11) is 0. The highest BCUT2D eigenvalue weighted by Gasteiger charge is 2.35. The van der Waals surface area contributed by atoms with Crippen LogP contribution in [0.4, 0.5) is 22.7 Å². The van der Waals surface area contributed by atoms with Crippen LogP contribution < -0.4 is 41.7 Å². The highest BCUT2D eigenvalue weighted by molar-refractivity contribution is 5.91. The second kappa shape index (κ2) is 33.6. The Morgan fingerprint density at radius 1 is 0.321 bits per heavy atom. The molecule has 0 unspecified atom stereocenters. The third-order valence-corrected chi connectivity index (χ3v) is 12.4. The first-order valence-corrected chi connectivity index (χ1v) is 23.9. The van der Waals surface area contributed by atoms with Crippen LogP contribution in [0.5, 0.6) is 0 Å². The number of quaternary nitrogens is 4. The van der Waals surface area contributed by atoms with Gasteiger partial charge in [0.25, 0.3) is 22.7 Å². The van der Waals surface area contributed by atoms with Gasteiger partial charge in [-0.25, -0.2) is 19.2 Å². The number of nitrogens with zero attached hydrogens (tertiary/aromatic N) is 4. The van der Waals surface area contributed by atoms with Crippen molar-refractivity contribution in [1.29, 1.82) is 0 Å². The lowest BCUT2D eigenvalue weighted by molar-refractivity contribution is -0.666. The van der Waals surface area contributed by atoms with Gasteiger partial charge in [-0.3, -0.25) is 40.5 Å². The Morgan fingerprint density at radius 2 is 0.476 bits per heavy atom. The molecule has 4 aromatic rings. The molecule has 4 heterocycles. The normalized spacial score (nSPS) is 20.4. The molecule has 4 fully saturated rings. The van der Waals surface area contributed by atoms with Crippen molar-refractivity contribution in [3.63, 3.8) is 0 Å². The number of hydrogen-bond donors (Lipinski definition) is 4. The first kappa shape index (κ1) is 71.9. The number of rotatable bonds is 16. The monoisotopic (exact) mass is 1190 g/mol. The Morgan fingerprint density at radius 3 is 0.595 bits per heavy atom. The molecule has 36 nitrogen and oxygen atoms in total. The molecule has 0 aliphatic carbocycles. The van der Waals surface area contributed by atoms with Crippen molar-refractivity contribution in [2.75, 3.05) is 26.2 Å². The number of carbonyl (C=O) groups is 8. The Labute approximate surface area is 470 Å². The van der Waals surface area contributed by atoms with E-state index in [9.17, 15) is 99.2 Å².